The van der Waals surface area contributed by atoms with Crippen LogP contribution < -0.4 is 10.1 Å². The summed E-state index contributed by atoms with van der Waals surface area (Å²) in [6, 6.07) is 7.58. The maximum absolute atomic E-state index is 13.2. The van der Waals surface area contributed by atoms with Crippen LogP contribution in [0, 0.1) is 6.92 Å². The average molecular weight is 491 g/mol. The summed E-state index contributed by atoms with van der Waals surface area (Å²) in [5, 5.41) is 3.00. The van der Waals surface area contributed by atoms with Crippen molar-refractivity contribution >= 4 is 28.8 Å². The van der Waals surface area contributed by atoms with Crippen LogP contribution >= 0.6 is 0 Å². The SMILES string of the molecule is COc1cncc(C(=O)Nc2nc3cccc(C)c3n2C2CCCCN(C(=O)/C=C/CN(C)C)C2)c1. The van der Waals surface area contributed by atoms with Gasteiger partial charge in [0.05, 0.1) is 35.9 Å². The largest absolute Gasteiger partial charge is 0.495 e. The minimum Gasteiger partial charge on any atom is -0.495 e. The highest BCUT2D eigenvalue weighted by molar-refractivity contribution is 6.04. The lowest BCUT2D eigenvalue weighted by Gasteiger charge is -2.26. The molecule has 1 aliphatic heterocycles. The fourth-order valence-electron chi connectivity index (χ4n) is 4.59. The predicted molar refractivity (Wildman–Crippen MR) is 140 cm³/mol. The summed E-state index contributed by atoms with van der Waals surface area (Å²) in [4.78, 5) is 39.0. The van der Waals surface area contributed by atoms with Gasteiger partial charge >= 0.3 is 0 Å². The first kappa shape index (κ1) is 25.4. The van der Waals surface area contributed by atoms with Crippen LogP contribution in [0.25, 0.3) is 11.0 Å². The number of hydrogen-bond acceptors (Lipinski definition) is 6. The molecule has 0 spiro atoms. The van der Waals surface area contributed by atoms with E-state index in [-0.39, 0.29) is 17.9 Å². The Morgan fingerprint density at radius 1 is 1.25 bits per heavy atom. The quantitative estimate of drug-likeness (QED) is 0.508. The molecular weight excluding hydrogens is 456 g/mol. The maximum atomic E-state index is 13.2. The Morgan fingerprint density at radius 2 is 2.08 bits per heavy atom. The number of fused-ring (bicyclic) bond motifs is 1. The van der Waals surface area contributed by atoms with Gasteiger partial charge in [-0.05, 0) is 58.0 Å². The highest BCUT2D eigenvalue weighted by Gasteiger charge is 2.27. The Labute approximate surface area is 211 Å². The number of methoxy groups -OCH3 is 1. The van der Waals surface area contributed by atoms with Gasteiger partial charge in [-0.3, -0.25) is 19.9 Å². The first-order chi connectivity index (χ1) is 17.4. The molecule has 0 bridgehead atoms. The summed E-state index contributed by atoms with van der Waals surface area (Å²) in [6.07, 6.45) is 9.42. The number of imidazole rings is 1. The third kappa shape index (κ3) is 5.73. The standard InChI is InChI=1S/C27H34N6O3/c1-19-9-7-11-23-25(19)33(27(29-23)30-26(35)20-15-22(36-4)17-28-16-20)21-10-5-6-14-32(18-21)24(34)12-8-13-31(2)3/h7-9,11-12,15-17,21H,5-6,10,13-14,18H2,1-4H3,(H,29,30,35)/b12-8+. The number of rotatable bonds is 7. The third-order valence-electron chi connectivity index (χ3n) is 6.40. The average Bonchev–Trinajstić information content (AvgIpc) is 3.05. The lowest BCUT2D eigenvalue weighted by molar-refractivity contribution is -0.126. The first-order valence-electron chi connectivity index (χ1n) is 12.3. The topological polar surface area (TPSA) is 92.6 Å². The van der Waals surface area contributed by atoms with Crippen molar-refractivity contribution in [2.24, 2.45) is 0 Å². The highest BCUT2D eigenvalue weighted by atomic mass is 16.5. The number of para-hydroxylation sites is 1. The van der Waals surface area contributed by atoms with Gasteiger partial charge in [-0.2, -0.15) is 0 Å². The summed E-state index contributed by atoms with van der Waals surface area (Å²) in [5.41, 5.74) is 3.23. The normalized spacial score (nSPS) is 16.5. The predicted octanol–water partition coefficient (Wildman–Crippen LogP) is 3.67. The van der Waals surface area contributed by atoms with Gasteiger partial charge in [0.15, 0.2) is 0 Å². The summed E-state index contributed by atoms with van der Waals surface area (Å²) in [6.45, 7) is 4.02. The molecular formula is C27H34N6O3. The molecule has 1 atom stereocenters. The number of pyridine rings is 1. The van der Waals surface area contributed by atoms with E-state index in [0.29, 0.717) is 36.9 Å². The Balaban J connectivity index is 1.67. The Morgan fingerprint density at radius 3 is 2.86 bits per heavy atom. The summed E-state index contributed by atoms with van der Waals surface area (Å²) >= 11 is 0. The number of benzene rings is 1. The summed E-state index contributed by atoms with van der Waals surface area (Å²) in [5.74, 6) is 0.670. The number of carbonyl (C=O) groups is 2. The number of nitrogens with zero attached hydrogens (tertiary/aromatic N) is 5. The van der Waals surface area contributed by atoms with E-state index in [1.807, 2.05) is 55.1 Å². The zero-order valence-electron chi connectivity index (χ0n) is 21.4. The number of anilines is 1. The maximum Gasteiger partial charge on any atom is 0.259 e. The van der Waals surface area contributed by atoms with E-state index >= 15 is 0 Å². The minimum atomic E-state index is -0.316. The van der Waals surface area contributed by atoms with Crippen LogP contribution in [0.5, 0.6) is 5.75 Å². The molecule has 2 amide bonds. The van der Waals surface area contributed by atoms with E-state index < -0.39 is 0 Å². The van der Waals surface area contributed by atoms with Gasteiger partial charge in [-0.1, -0.05) is 18.2 Å². The van der Waals surface area contributed by atoms with Crippen LogP contribution in [0.15, 0.2) is 48.8 Å². The Bertz CT molecular complexity index is 1270. The summed E-state index contributed by atoms with van der Waals surface area (Å²) in [7, 11) is 5.48. The van der Waals surface area contributed by atoms with Gasteiger partial charge in [0.1, 0.15) is 5.75 Å². The molecule has 1 fully saturated rings. The number of aryl methyl sites for hydroxylation is 1. The van der Waals surface area contributed by atoms with Crippen LogP contribution in [-0.4, -0.2) is 77.0 Å². The van der Waals surface area contributed by atoms with Crippen molar-refractivity contribution in [1.29, 1.82) is 0 Å². The number of carbonyl (C=O) groups excluding carboxylic acids is 2. The monoisotopic (exact) mass is 490 g/mol. The number of amides is 2. The molecule has 4 rings (SSSR count). The molecule has 2 aromatic heterocycles. The number of likely N-dealkylation sites (N-methyl/N-ethyl adjacent to an activating group) is 1. The van der Waals surface area contributed by atoms with Crippen molar-refractivity contribution in [3.05, 3.63) is 59.9 Å². The zero-order valence-corrected chi connectivity index (χ0v) is 21.4. The van der Waals surface area contributed by atoms with Crippen LogP contribution in [0.1, 0.15) is 41.2 Å². The molecule has 1 aromatic carbocycles. The first-order valence-corrected chi connectivity index (χ1v) is 12.3. The molecule has 1 unspecified atom stereocenters. The molecule has 0 radical (unpaired) electrons. The molecule has 36 heavy (non-hydrogen) atoms. The molecule has 1 aliphatic rings. The van der Waals surface area contributed by atoms with E-state index in [2.05, 4.69) is 14.9 Å². The molecule has 1 N–H and O–H groups in total. The molecule has 0 aliphatic carbocycles. The van der Waals surface area contributed by atoms with E-state index in [4.69, 9.17) is 9.72 Å². The van der Waals surface area contributed by atoms with Crippen molar-refractivity contribution in [2.45, 2.75) is 32.2 Å². The third-order valence-corrected chi connectivity index (χ3v) is 6.40. The molecule has 1 saturated heterocycles. The fourth-order valence-corrected chi connectivity index (χ4v) is 4.59. The van der Waals surface area contributed by atoms with Crippen molar-refractivity contribution < 1.29 is 14.3 Å². The number of aromatic nitrogens is 3. The number of ether oxygens (including phenoxy) is 1. The number of nitrogens with one attached hydrogen (secondary N) is 1. The smallest absolute Gasteiger partial charge is 0.259 e. The molecule has 190 valence electrons. The Kier molecular flexibility index (Phi) is 8.00. The van der Waals surface area contributed by atoms with E-state index in [0.717, 1.165) is 35.9 Å². The fraction of sp³-hybridized carbons (Fsp3) is 0.407. The second-order valence-corrected chi connectivity index (χ2v) is 9.41. The van der Waals surface area contributed by atoms with Crippen molar-refractivity contribution in [3.8, 4) is 5.75 Å². The number of hydrogen-bond donors (Lipinski definition) is 1. The van der Waals surface area contributed by atoms with Gasteiger partial charge in [0.25, 0.3) is 5.91 Å². The zero-order chi connectivity index (χ0) is 25.7. The minimum absolute atomic E-state index is 0.0120. The van der Waals surface area contributed by atoms with E-state index in [1.165, 1.54) is 13.3 Å². The second kappa shape index (κ2) is 11.3. The van der Waals surface area contributed by atoms with Gasteiger partial charge in [0.2, 0.25) is 11.9 Å². The van der Waals surface area contributed by atoms with Crippen molar-refractivity contribution in [3.63, 3.8) is 0 Å². The van der Waals surface area contributed by atoms with E-state index in [9.17, 15) is 9.59 Å². The Hall–Kier alpha value is -3.72. The van der Waals surface area contributed by atoms with E-state index in [1.54, 1.807) is 18.3 Å². The van der Waals surface area contributed by atoms with Crippen molar-refractivity contribution in [1.82, 2.24) is 24.3 Å². The van der Waals surface area contributed by atoms with Crippen LogP contribution in [-0.2, 0) is 4.79 Å². The summed E-state index contributed by atoms with van der Waals surface area (Å²) < 4.78 is 7.32. The second-order valence-electron chi connectivity index (χ2n) is 9.41. The van der Waals surface area contributed by atoms with Gasteiger partial charge in [-0.25, -0.2) is 4.98 Å². The van der Waals surface area contributed by atoms with Crippen molar-refractivity contribution in [2.75, 3.05) is 46.2 Å². The van der Waals surface area contributed by atoms with Gasteiger partial charge < -0.3 is 19.1 Å². The van der Waals surface area contributed by atoms with Crippen LogP contribution in [0.2, 0.25) is 0 Å². The lowest BCUT2D eigenvalue weighted by atomic mass is 10.1. The van der Waals surface area contributed by atoms with Gasteiger partial charge in [-0.15, -0.1) is 0 Å². The van der Waals surface area contributed by atoms with Crippen LogP contribution in [0.3, 0.4) is 0 Å². The lowest BCUT2D eigenvalue weighted by Crippen LogP contribution is -2.35. The molecule has 9 heteroatoms. The highest BCUT2D eigenvalue weighted by Crippen LogP contribution is 2.32. The number of likely N-dealkylation sites (tertiary alicyclic amines) is 1. The van der Waals surface area contributed by atoms with Crippen LogP contribution in [0.4, 0.5) is 5.95 Å². The van der Waals surface area contributed by atoms with Gasteiger partial charge in [0, 0.05) is 31.9 Å². The molecule has 3 heterocycles. The molecule has 0 saturated carbocycles. The molecule has 9 nitrogen and oxygen atoms in total. The molecule has 3 aromatic rings.